The summed E-state index contributed by atoms with van der Waals surface area (Å²) in [6, 6.07) is 13.2. The van der Waals surface area contributed by atoms with E-state index in [4.69, 9.17) is 4.42 Å². The molecule has 0 aliphatic carbocycles. The van der Waals surface area contributed by atoms with Gasteiger partial charge in [-0.3, -0.25) is 9.59 Å². The molecule has 2 aromatic heterocycles. The van der Waals surface area contributed by atoms with E-state index >= 15 is 0 Å². The molecule has 2 amide bonds. The van der Waals surface area contributed by atoms with E-state index in [9.17, 15) is 14.0 Å². The molecule has 0 unspecified atom stereocenters. The maximum absolute atomic E-state index is 13.0. The second-order valence-corrected chi connectivity index (χ2v) is 6.83. The molecule has 0 bridgehead atoms. The standard InChI is InChI=1S/C20H19FN2O3S/c21-15-7-5-14(6-8-15)17-10-9-16(26-17)13-23-19(24)4-1-11-22-20(25)18-3-2-12-27-18/h2-3,5-10,12H,1,4,11,13H2,(H,22,25)(H,23,24). The summed E-state index contributed by atoms with van der Waals surface area (Å²) in [5, 5.41) is 7.42. The van der Waals surface area contributed by atoms with E-state index in [2.05, 4.69) is 10.6 Å². The van der Waals surface area contributed by atoms with Crippen molar-refractivity contribution in [2.45, 2.75) is 19.4 Å². The highest BCUT2D eigenvalue weighted by Crippen LogP contribution is 2.22. The number of rotatable bonds is 8. The predicted octanol–water partition coefficient (Wildman–Crippen LogP) is 3.97. The zero-order chi connectivity index (χ0) is 19.1. The fourth-order valence-electron chi connectivity index (χ4n) is 2.46. The summed E-state index contributed by atoms with van der Waals surface area (Å²) in [4.78, 5) is 24.3. The molecule has 0 aliphatic heterocycles. The maximum Gasteiger partial charge on any atom is 0.261 e. The Labute approximate surface area is 160 Å². The lowest BCUT2D eigenvalue weighted by Gasteiger charge is -2.05. The number of carbonyl (C=O) groups is 2. The zero-order valence-electron chi connectivity index (χ0n) is 14.5. The van der Waals surface area contributed by atoms with Crippen molar-refractivity contribution in [2.24, 2.45) is 0 Å². The van der Waals surface area contributed by atoms with Gasteiger partial charge in [-0.15, -0.1) is 11.3 Å². The van der Waals surface area contributed by atoms with Crippen molar-refractivity contribution in [3.63, 3.8) is 0 Å². The van der Waals surface area contributed by atoms with Gasteiger partial charge in [-0.25, -0.2) is 4.39 Å². The molecule has 0 aliphatic rings. The number of amides is 2. The summed E-state index contributed by atoms with van der Waals surface area (Å²) in [7, 11) is 0. The van der Waals surface area contributed by atoms with E-state index in [1.807, 2.05) is 11.4 Å². The summed E-state index contributed by atoms with van der Waals surface area (Å²) in [5.74, 6) is 0.711. The van der Waals surface area contributed by atoms with E-state index in [0.717, 1.165) is 5.56 Å². The smallest absolute Gasteiger partial charge is 0.261 e. The van der Waals surface area contributed by atoms with Gasteiger partial charge in [0.1, 0.15) is 17.3 Å². The second-order valence-electron chi connectivity index (χ2n) is 5.89. The molecular weight excluding hydrogens is 367 g/mol. The van der Waals surface area contributed by atoms with Gasteiger partial charge in [0.25, 0.3) is 5.91 Å². The van der Waals surface area contributed by atoms with Crippen LogP contribution in [0.15, 0.2) is 58.3 Å². The number of benzene rings is 1. The van der Waals surface area contributed by atoms with Crippen molar-refractivity contribution in [3.05, 3.63) is 70.4 Å². The number of thiophene rings is 1. The molecular formula is C20H19FN2O3S. The fraction of sp³-hybridized carbons (Fsp3) is 0.200. The van der Waals surface area contributed by atoms with Gasteiger partial charge in [0.05, 0.1) is 11.4 Å². The Hall–Kier alpha value is -2.93. The predicted molar refractivity (Wildman–Crippen MR) is 102 cm³/mol. The van der Waals surface area contributed by atoms with E-state index in [1.165, 1.54) is 23.5 Å². The third-order valence-corrected chi connectivity index (χ3v) is 4.73. The summed E-state index contributed by atoms with van der Waals surface area (Å²) in [5.41, 5.74) is 0.774. The topological polar surface area (TPSA) is 71.3 Å². The number of nitrogens with one attached hydrogen (secondary N) is 2. The molecule has 3 rings (SSSR count). The van der Waals surface area contributed by atoms with Crippen molar-refractivity contribution < 1.29 is 18.4 Å². The summed E-state index contributed by atoms with van der Waals surface area (Å²) < 4.78 is 18.6. The van der Waals surface area contributed by atoms with Crippen LogP contribution in [-0.4, -0.2) is 18.4 Å². The molecule has 0 fully saturated rings. The van der Waals surface area contributed by atoms with Crippen molar-refractivity contribution in [2.75, 3.05) is 6.54 Å². The van der Waals surface area contributed by atoms with Crippen LogP contribution in [0.5, 0.6) is 0 Å². The number of hydrogen-bond acceptors (Lipinski definition) is 4. The number of hydrogen-bond donors (Lipinski definition) is 2. The largest absolute Gasteiger partial charge is 0.459 e. The Morgan fingerprint density at radius 3 is 2.59 bits per heavy atom. The van der Waals surface area contributed by atoms with Crippen LogP contribution < -0.4 is 10.6 Å². The second kappa shape index (κ2) is 9.14. The minimum Gasteiger partial charge on any atom is -0.459 e. The molecule has 2 N–H and O–H groups in total. The maximum atomic E-state index is 13.0. The first-order valence-electron chi connectivity index (χ1n) is 8.55. The van der Waals surface area contributed by atoms with Crippen LogP contribution >= 0.6 is 11.3 Å². The van der Waals surface area contributed by atoms with Crippen LogP contribution in [0, 0.1) is 5.82 Å². The molecule has 0 saturated heterocycles. The van der Waals surface area contributed by atoms with Gasteiger partial charge in [0.15, 0.2) is 0 Å². The molecule has 0 atom stereocenters. The monoisotopic (exact) mass is 386 g/mol. The number of carbonyl (C=O) groups excluding carboxylic acids is 2. The first kappa shape index (κ1) is 18.8. The van der Waals surface area contributed by atoms with E-state index in [-0.39, 0.29) is 24.2 Å². The van der Waals surface area contributed by atoms with Gasteiger partial charge in [0, 0.05) is 18.5 Å². The van der Waals surface area contributed by atoms with Crippen molar-refractivity contribution in [3.8, 4) is 11.3 Å². The van der Waals surface area contributed by atoms with Gasteiger partial charge in [-0.1, -0.05) is 6.07 Å². The van der Waals surface area contributed by atoms with Crippen LogP contribution in [0.1, 0.15) is 28.3 Å². The van der Waals surface area contributed by atoms with Crippen LogP contribution in [0.25, 0.3) is 11.3 Å². The van der Waals surface area contributed by atoms with E-state index in [0.29, 0.717) is 35.8 Å². The molecule has 140 valence electrons. The third-order valence-electron chi connectivity index (χ3n) is 3.86. The van der Waals surface area contributed by atoms with Crippen LogP contribution in [0.2, 0.25) is 0 Å². The normalized spacial score (nSPS) is 10.6. The van der Waals surface area contributed by atoms with Gasteiger partial charge in [-0.2, -0.15) is 0 Å². The van der Waals surface area contributed by atoms with E-state index < -0.39 is 0 Å². The highest BCUT2D eigenvalue weighted by Gasteiger charge is 2.08. The lowest BCUT2D eigenvalue weighted by atomic mass is 10.2. The molecule has 0 spiro atoms. The lowest BCUT2D eigenvalue weighted by Crippen LogP contribution is -2.26. The van der Waals surface area contributed by atoms with Crippen LogP contribution in [0.3, 0.4) is 0 Å². The molecule has 0 radical (unpaired) electrons. The summed E-state index contributed by atoms with van der Waals surface area (Å²) >= 11 is 1.38. The summed E-state index contributed by atoms with van der Waals surface area (Å²) in [6.07, 6.45) is 0.873. The van der Waals surface area contributed by atoms with Crippen LogP contribution in [0.4, 0.5) is 4.39 Å². The average Bonchev–Trinajstić information content (AvgIpc) is 3.36. The SMILES string of the molecule is O=C(CCCNC(=O)c1cccs1)NCc1ccc(-c2ccc(F)cc2)o1. The Balaban J connectivity index is 1.37. The highest BCUT2D eigenvalue weighted by atomic mass is 32.1. The Morgan fingerprint density at radius 2 is 1.85 bits per heavy atom. The Kier molecular flexibility index (Phi) is 6.38. The molecule has 5 nitrogen and oxygen atoms in total. The first-order valence-corrected chi connectivity index (χ1v) is 9.43. The van der Waals surface area contributed by atoms with E-state index in [1.54, 1.807) is 30.3 Å². The van der Waals surface area contributed by atoms with Crippen molar-refractivity contribution >= 4 is 23.2 Å². The molecule has 1 aromatic carbocycles. The minimum atomic E-state index is -0.302. The lowest BCUT2D eigenvalue weighted by molar-refractivity contribution is -0.121. The molecule has 0 saturated carbocycles. The van der Waals surface area contributed by atoms with Crippen molar-refractivity contribution in [1.29, 1.82) is 0 Å². The van der Waals surface area contributed by atoms with Gasteiger partial charge in [0.2, 0.25) is 5.91 Å². The Morgan fingerprint density at radius 1 is 1.04 bits per heavy atom. The van der Waals surface area contributed by atoms with Crippen LogP contribution in [-0.2, 0) is 11.3 Å². The zero-order valence-corrected chi connectivity index (χ0v) is 15.4. The highest BCUT2D eigenvalue weighted by molar-refractivity contribution is 7.12. The van der Waals surface area contributed by atoms with Crippen molar-refractivity contribution in [1.82, 2.24) is 10.6 Å². The fourth-order valence-corrected chi connectivity index (χ4v) is 3.10. The quantitative estimate of drug-likeness (QED) is 0.576. The first-order chi connectivity index (χ1) is 13.1. The number of furan rings is 1. The third kappa shape index (κ3) is 5.52. The summed E-state index contributed by atoms with van der Waals surface area (Å²) in [6.45, 7) is 0.723. The van der Waals surface area contributed by atoms with Gasteiger partial charge >= 0.3 is 0 Å². The average molecular weight is 386 g/mol. The molecule has 2 heterocycles. The van der Waals surface area contributed by atoms with Gasteiger partial charge < -0.3 is 15.1 Å². The molecule has 7 heteroatoms. The van der Waals surface area contributed by atoms with Gasteiger partial charge in [-0.05, 0) is 54.3 Å². The minimum absolute atomic E-state index is 0.111. The number of halogens is 1. The Bertz CT molecular complexity index is 888. The molecule has 3 aromatic rings. The molecule has 27 heavy (non-hydrogen) atoms.